The number of carbonyl (C=O) groups excluding carboxylic acids is 2. The van der Waals surface area contributed by atoms with Gasteiger partial charge in [-0.2, -0.15) is 16.8 Å². The molecule has 14 nitrogen and oxygen atoms in total. The number of benzene rings is 2. The smallest absolute Gasteiger partial charge is 0.264 e. The van der Waals surface area contributed by atoms with Crippen molar-refractivity contribution in [3.8, 4) is 0 Å². The molecular weight excluding hydrogens is 763 g/mol. The zero-order valence-corrected chi connectivity index (χ0v) is 34.9. The first-order chi connectivity index (χ1) is 26.3. The highest BCUT2D eigenvalue weighted by atomic mass is 32.2. The molecule has 0 radical (unpaired) electrons. The van der Waals surface area contributed by atoms with E-state index in [1.807, 2.05) is 57.2 Å². The Morgan fingerprint density at radius 1 is 0.875 bits per heavy atom. The molecule has 0 fully saturated rings. The zero-order valence-electron chi connectivity index (χ0n) is 33.2. The van der Waals surface area contributed by atoms with Crippen molar-refractivity contribution in [2.24, 2.45) is 0 Å². The number of ether oxygens (including phenoxy) is 3. The fraction of sp³-hybridized carbons (Fsp3) is 0.500. The molecule has 2 atom stereocenters. The molecule has 3 rings (SSSR count). The van der Waals surface area contributed by atoms with Crippen molar-refractivity contribution < 1.29 is 49.7 Å². The molecular formula is C40H57N3O11S2. The Morgan fingerprint density at radius 2 is 1.43 bits per heavy atom. The summed E-state index contributed by atoms with van der Waals surface area (Å²) in [5.41, 5.74) is 3.75. The lowest BCUT2D eigenvalue weighted by Gasteiger charge is -2.33. The molecule has 310 valence electrons. The number of methoxy groups -OCH3 is 3. The second-order valence-electron chi connectivity index (χ2n) is 14.3. The van der Waals surface area contributed by atoms with Crippen LogP contribution in [0.3, 0.4) is 0 Å². The molecule has 1 aliphatic rings. The van der Waals surface area contributed by atoms with Crippen LogP contribution < -0.4 is 15.5 Å². The average molecular weight is 820 g/mol. The summed E-state index contributed by atoms with van der Waals surface area (Å²) in [6.45, 7) is 12.3. The number of anilines is 1. The lowest BCUT2D eigenvalue weighted by Crippen LogP contribution is -2.31. The summed E-state index contributed by atoms with van der Waals surface area (Å²) in [5, 5.41) is 5.66. The van der Waals surface area contributed by atoms with Crippen LogP contribution >= 0.6 is 0 Å². The fourth-order valence-corrected chi connectivity index (χ4v) is 8.12. The third-order valence-electron chi connectivity index (χ3n) is 10.2. The number of rotatable bonds is 23. The van der Waals surface area contributed by atoms with Gasteiger partial charge >= 0.3 is 0 Å². The summed E-state index contributed by atoms with van der Waals surface area (Å²) in [6, 6.07) is 10.7. The van der Waals surface area contributed by atoms with E-state index in [9.17, 15) is 35.5 Å². The first-order valence-electron chi connectivity index (χ1n) is 18.4. The lowest BCUT2D eigenvalue weighted by atomic mass is 9.71. The molecule has 2 amide bonds. The lowest BCUT2D eigenvalue weighted by molar-refractivity contribution is 0.0929. The predicted molar refractivity (Wildman–Crippen MR) is 218 cm³/mol. The van der Waals surface area contributed by atoms with Crippen LogP contribution in [0.15, 0.2) is 72.5 Å². The van der Waals surface area contributed by atoms with Crippen molar-refractivity contribution in [1.29, 1.82) is 0 Å². The van der Waals surface area contributed by atoms with Crippen LogP contribution in [0.1, 0.15) is 76.9 Å². The topological polar surface area (TPSA) is 198 Å². The Balaban J connectivity index is 2.14. The van der Waals surface area contributed by atoms with E-state index in [1.165, 1.54) is 0 Å². The van der Waals surface area contributed by atoms with E-state index >= 15 is 0 Å². The molecule has 2 unspecified atom stereocenters. The quantitative estimate of drug-likeness (QED) is 0.0683. The van der Waals surface area contributed by atoms with E-state index in [-0.39, 0.29) is 31.1 Å². The van der Waals surface area contributed by atoms with E-state index in [0.717, 1.165) is 28.1 Å². The van der Waals surface area contributed by atoms with Gasteiger partial charge in [0.15, 0.2) is 0 Å². The molecule has 2 aromatic rings. The predicted octanol–water partition coefficient (Wildman–Crippen LogP) is 4.76. The molecule has 16 heteroatoms. The maximum atomic E-state index is 13.1. The van der Waals surface area contributed by atoms with Crippen LogP contribution in [0.4, 0.5) is 5.69 Å². The van der Waals surface area contributed by atoms with Crippen LogP contribution in [-0.4, -0.2) is 110 Å². The monoisotopic (exact) mass is 819 g/mol. The fourth-order valence-electron chi connectivity index (χ4n) is 7.10. The van der Waals surface area contributed by atoms with Gasteiger partial charge in [-0.15, -0.1) is 0 Å². The van der Waals surface area contributed by atoms with E-state index in [0.29, 0.717) is 62.6 Å². The van der Waals surface area contributed by atoms with Crippen molar-refractivity contribution in [1.82, 2.24) is 10.6 Å². The third-order valence-corrected chi connectivity index (χ3v) is 11.8. The number of nitrogens with zero attached hydrogens (tertiary/aromatic N) is 1. The molecule has 1 aliphatic heterocycles. The summed E-state index contributed by atoms with van der Waals surface area (Å²) in [7, 11) is -3.82. The molecule has 1 heterocycles. The molecule has 56 heavy (non-hydrogen) atoms. The van der Waals surface area contributed by atoms with Crippen molar-refractivity contribution in [3.05, 3.63) is 100 Å². The Kier molecular flexibility index (Phi) is 17.0. The van der Waals surface area contributed by atoms with Gasteiger partial charge in [0, 0.05) is 74.3 Å². The van der Waals surface area contributed by atoms with Crippen LogP contribution in [0.2, 0.25) is 0 Å². The number of carbonyl (C=O) groups is 2. The van der Waals surface area contributed by atoms with Crippen molar-refractivity contribution in [2.45, 2.75) is 57.3 Å². The molecule has 0 bridgehead atoms. The van der Waals surface area contributed by atoms with Crippen LogP contribution in [0.5, 0.6) is 0 Å². The number of fused-ring (bicyclic) bond motifs is 1. The minimum Gasteiger partial charge on any atom is -0.383 e. The Bertz CT molecular complexity index is 2000. The summed E-state index contributed by atoms with van der Waals surface area (Å²) in [6.07, 6.45) is 6.36. The molecule has 2 aromatic carbocycles. The molecule has 0 saturated heterocycles. The van der Waals surface area contributed by atoms with Crippen LogP contribution in [-0.2, 0) is 45.3 Å². The highest BCUT2D eigenvalue weighted by molar-refractivity contribution is 7.86. The molecule has 0 aliphatic carbocycles. The van der Waals surface area contributed by atoms with E-state index in [2.05, 4.69) is 22.1 Å². The van der Waals surface area contributed by atoms with Gasteiger partial charge in [0.25, 0.3) is 32.1 Å². The second-order valence-corrected chi connectivity index (χ2v) is 17.4. The van der Waals surface area contributed by atoms with Crippen molar-refractivity contribution >= 4 is 37.7 Å². The van der Waals surface area contributed by atoms with Crippen LogP contribution in [0.25, 0.3) is 0 Å². The van der Waals surface area contributed by atoms with Crippen molar-refractivity contribution in [3.63, 3.8) is 0 Å². The largest absolute Gasteiger partial charge is 0.383 e. The van der Waals surface area contributed by atoms with Gasteiger partial charge in [0.2, 0.25) is 0 Å². The van der Waals surface area contributed by atoms with Gasteiger partial charge in [0.05, 0.1) is 31.3 Å². The molecule has 0 saturated carbocycles. The molecule has 0 aromatic heterocycles. The second kappa shape index (κ2) is 20.5. The average Bonchev–Trinajstić information content (AvgIpc) is 3.35. The first-order valence-corrected chi connectivity index (χ1v) is 21.6. The minimum absolute atomic E-state index is 0.111. The summed E-state index contributed by atoms with van der Waals surface area (Å²) in [5.74, 6) is -1.49. The first kappa shape index (κ1) is 46.5. The Morgan fingerprint density at radius 3 is 2.00 bits per heavy atom. The number of amides is 2. The van der Waals surface area contributed by atoms with Gasteiger partial charge in [-0.25, -0.2) is 0 Å². The Labute approximate surface area is 331 Å². The number of hydrogen-bond donors (Lipinski definition) is 4. The summed E-state index contributed by atoms with van der Waals surface area (Å²) < 4.78 is 81.8. The van der Waals surface area contributed by atoms with Gasteiger partial charge in [-0.05, 0) is 98.2 Å². The summed E-state index contributed by atoms with van der Waals surface area (Å²) in [4.78, 5) is 28.2. The van der Waals surface area contributed by atoms with Gasteiger partial charge < -0.3 is 29.7 Å². The number of nitrogens with one attached hydrogen (secondary N) is 2. The number of aryl methyl sites for hydroxylation is 1. The summed E-state index contributed by atoms with van der Waals surface area (Å²) >= 11 is 0. The van der Waals surface area contributed by atoms with E-state index in [1.54, 1.807) is 39.5 Å². The minimum atomic E-state index is -4.24. The van der Waals surface area contributed by atoms with Gasteiger partial charge in [0.1, 0.15) is 0 Å². The standard InChI is InChI=1S/C40H57N3O11S2/c1-29-13-14-31(37(44)41-19-22-52-5)27-33(29)39(3,17-9-25-55(46,47)48)30(2)11-8-12-36-40(4,18-10-26-56(49,50)51)34-28-32(38(45)42-20-23-53-6)15-16-35(34)43(36)21-24-54-7/h8,11-16,27-28H,2,9-10,17-26H2,1,3-7H3,(H,41,44)(H,42,45)(H,46,47,48)(H,49,50,51)/b11-8+,36-12+. The molecule has 0 spiro atoms. The zero-order chi connectivity index (χ0) is 41.7. The maximum absolute atomic E-state index is 13.1. The van der Waals surface area contributed by atoms with Gasteiger partial charge in [-0.3, -0.25) is 18.7 Å². The van der Waals surface area contributed by atoms with Crippen molar-refractivity contribution in [2.75, 3.05) is 77.2 Å². The highest BCUT2D eigenvalue weighted by Gasteiger charge is 2.43. The highest BCUT2D eigenvalue weighted by Crippen LogP contribution is 2.51. The maximum Gasteiger partial charge on any atom is 0.264 e. The third kappa shape index (κ3) is 12.6. The van der Waals surface area contributed by atoms with E-state index in [4.69, 9.17) is 14.2 Å². The van der Waals surface area contributed by atoms with Crippen LogP contribution in [0, 0.1) is 6.92 Å². The van der Waals surface area contributed by atoms with Gasteiger partial charge in [-0.1, -0.05) is 31.7 Å². The molecule has 4 N–H and O–H groups in total. The SMILES string of the molecule is C=C(/C=C/C=C1/N(CCOC)c2ccc(C(=O)NCCOC)cc2C1(C)CCCS(=O)(=O)O)C(C)(CCCS(=O)(=O)O)c1cc(C(=O)NCCOC)ccc1C. The number of allylic oxidation sites excluding steroid dienone is 5. The number of hydrogen-bond acceptors (Lipinski definition) is 10. The Hall–Kier alpha value is -3.90. The van der Waals surface area contributed by atoms with E-state index < -0.39 is 42.6 Å². The normalized spacial score (nSPS) is 17.6.